The molecule has 0 spiro atoms. The van der Waals surface area contributed by atoms with Crippen LogP contribution in [-0.2, 0) is 4.79 Å². The molecule has 1 amide bonds. The summed E-state index contributed by atoms with van der Waals surface area (Å²) in [5.41, 5.74) is 1.18. The molecule has 0 radical (unpaired) electrons. The zero-order chi connectivity index (χ0) is 13.4. The lowest BCUT2D eigenvalue weighted by Crippen LogP contribution is -2.44. The van der Waals surface area contributed by atoms with Crippen molar-refractivity contribution >= 4 is 5.91 Å². The molecule has 18 heavy (non-hydrogen) atoms. The molecule has 1 N–H and O–H groups in total. The molecule has 3 nitrogen and oxygen atoms in total. The molecule has 1 aliphatic heterocycles. The number of hydrogen-bond acceptors (Lipinski definition) is 2. The first kappa shape index (κ1) is 14.5. The summed E-state index contributed by atoms with van der Waals surface area (Å²) in [5.74, 6) is -0.0771. The molecular formula is C15H22N2O. The number of hydrogen-bond donors (Lipinski definition) is 1. The van der Waals surface area contributed by atoms with E-state index in [1.807, 2.05) is 12.2 Å². The number of nitrogens with zero attached hydrogens (tertiary/aromatic N) is 1. The van der Waals surface area contributed by atoms with Crippen molar-refractivity contribution in [2.24, 2.45) is 0 Å². The van der Waals surface area contributed by atoms with Gasteiger partial charge in [0.25, 0.3) is 0 Å². The molecule has 0 unspecified atom stereocenters. The number of carbonyl (C=O) groups is 1. The summed E-state index contributed by atoms with van der Waals surface area (Å²) in [4.78, 5) is 13.6. The second-order valence-electron chi connectivity index (χ2n) is 4.44. The van der Waals surface area contributed by atoms with Gasteiger partial charge in [-0.1, -0.05) is 38.0 Å². The highest BCUT2D eigenvalue weighted by Gasteiger charge is 2.19. The second kappa shape index (κ2) is 7.67. The van der Waals surface area contributed by atoms with Gasteiger partial charge < -0.3 is 5.32 Å². The van der Waals surface area contributed by atoms with Gasteiger partial charge in [0, 0.05) is 25.7 Å². The van der Waals surface area contributed by atoms with Crippen LogP contribution in [0.15, 0.2) is 49.6 Å². The molecule has 3 heteroatoms. The SMILES string of the molecule is C=C/C=C(\C=C)CN1CCC(NC(=O)C=C)CC1. The van der Waals surface area contributed by atoms with E-state index in [0.29, 0.717) is 0 Å². The van der Waals surface area contributed by atoms with Crippen LogP contribution >= 0.6 is 0 Å². The Kier molecular flexibility index (Phi) is 6.15. The monoisotopic (exact) mass is 246 g/mol. The summed E-state index contributed by atoms with van der Waals surface area (Å²) >= 11 is 0. The molecule has 1 aliphatic rings. The zero-order valence-electron chi connectivity index (χ0n) is 10.9. The quantitative estimate of drug-likeness (QED) is 0.574. The Hall–Kier alpha value is -1.61. The summed E-state index contributed by atoms with van der Waals surface area (Å²) in [7, 11) is 0. The van der Waals surface area contributed by atoms with Gasteiger partial charge in [0.05, 0.1) is 0 Å². The highest BCUT2D eigenvalue weighted by atomic mass is 16.1. The zero-order valence-corrected chi connectivity index (χ0v) is 10.9. The van der Waals surface area contributed by atoms with Crippen LogP contribution in [0.5, 0.6) is 0 Å². The molecule has 0 aromatic carbocycles. The van der Waals surface area contributed by atoms with Crippen molar-refractivity contribution in [3.05, 3.63) is 49.6 Å². The Labute approximate surface area is 110 Å². The summed E-state index contributed by atoms with van der Waals surface area (Å²) in [5, 5.41) is 2.95. The summed E-state index contributed by atoms with van der Waals surface area (Å²) in [6.45, 7) is 13.8. The van der Waals surface area contributed by atoms with Crippen LogP contribution in [0.3, 0.4) is 0 Å². The van der Waals surface area contributed by atoms with Crippen molar-refractivity contribution in [2.45, 2.75) is 18.9 Å². The number of rotatable bonds is 6. The topological polar surface area (TPSA) is 32.3 Å². The molecule has 1 heterocycles. The van der Waals surface area contributed by atoms with Crippen LogP contribution in [0.2, 0.25) is 0 Å². The van der Waals surface area contributed by atoms with E-state index in [1.54, 1.807) is 6.08 Å². The lowest BCUT2D eigenvalue weighted by molar-refractivity contribution is -0.117. The second-order valence-corrected chi connectivity index (χ2v) is 4.44. The standard InChI is InChI=1S/C15H22N2O/c1-4-7-13(5-2)12-17-10-8-14(9-11-17)16-15(18)6-3/h4-7,14H,1-3,8-12H2,(H,16,18)/b13-7+. The molecule has 1 saturated heterocycles. The van der Waals surface area contributed by atoms with Gasteiger partial charge in [-0.05, 0) is 24.5 Å². The number of amides is 1. The number of likely N-dealkylation sites (tertiary alicyclic amines) is 1. The van der Waals surface area contributed by atoms with Gasteiger partial charge in [0.2, 0.25) is 5.91 Å². The summed E-state index contributed by atoms with van der Waals surface area (Å²) in [6, 6.07) is 0.280. The van der Waals surface area contributed by atoms with Crippen molar-refractivity contribution in [1.82, 2.24) is 10.2 Å². The van der Waals surface area contributed by atoms with E-state index in [2.05, 4.69) is 30.0 Å². The molecule has 0 saturated carbocycles. The summed E-state index contributed by atoms with van der Waals surface area (Å²) in [6.07, 6.45) is 8.94. The minimum absolute atomic E-state index is 0.0771. The first-order valence-corrected chi connectivity index (χ1v) is 6.29. The van der Waals surface area contributed by atoms with E-state index in [1.165, 1.54) is 11.6 Å². The highest BCUT2D eigenvalue weighted by Crippen LogP contribution is 2.12. The van der Waals surface area contributed by atoms with Crippen LogP contribution in [0.1, 0.15) is 12.8 Å². The van der Waals surface area contributed by atoms with Gasteiger partial charge >= 0.3 is 0 Å². The fourth-order valence-corrected chi connectivity index (χ4v) is 2.09. The molecule has 0 aromatic heterocycles. The predicted molar refractivity (Wildman–Crippen MR) is 76.3 cm³/mol. The van der Waals surface area contributed by atoms with Crippen LogP contribution in [0.4, 0.5) is 0 Å². The van der Waals surface area contributed by atoms with Crippen LogP contribution < -0.4 is 5.32 Å². The molecule has 1 rings (SSSR count). The average molecular weight is 246 g/mol. The molecule has 1 fully saturated rings. The largest absolute Gasteiger partial charge is 0.350 e. The van der Waals surface area contributed by atoms with Crippen molar-refractivity contribution in [2.75, 3.05) is 19.6 Å². The maximum atomic E-state index is 11.2. The normalized spacial score (nSPS) is 18.1. The average Bonchev–Trinajstić information content (AvgIpc) is 2.40. The van der Waals surface area contributed by atoms with E-state index >= 15 is 0 Å². The molecular weight excluding hydrogens is 224 g/mol. The molecule has 0 bridgehead atoms. The minimum atomic E-state index is -0.0771. The lowest BCUT2D eigenvalue weighted by atomic mass is 10.0. The van der Waals surface area contributed by atoms with Gasteiger partial charge in [-0.25, -0.2) is 0 Å². The first-order valence-electron chi connectivity index (χ1n) is 6.29. The van der Waals surface area contributed by atoms with Crippen LogP contribution in [0.25, 0.3) is 0 Å². The van der Waals surface area contributed by atoms with Crippen LogP contribution in [-0.4, -0.2) is 36.5 Å². The van der Waals surface area contributed by atoms with E-state index in [4.69, 9.17) is 0 Å². The Morgan fingerprint density at radius 1 is 1.22 bits per heavy atom. The summed E-state index contributed by atoms with van der Waals surface area (Å²) < 4.78 is 0. The van der Waals surface area contributed by atoms with Gasteiger partial charge in [0.1, 0.15) is 0 Å². The number of nitrogens with one attached hydrogen (secondary N) is 1. The van der Waals surface area contributed by atoms with E-state index in [0.717, 1.165) is 32.5 Å². The van der Waals surface area contributed by atoms with Crippen LogP contribution in [0, 0.1) is 0 Å². The van der Waals surface area contributed by atoms with Crippen molar-refractivity contribution in [3.63, 3.8) is 0 Å². The Bertz CT molecular complexity index is 350. The minimum Gasteiger partial charge on any atom is -0.350 e. The van der Waals surface area contributed by atoms with E-state index in [-0.39, 0.29) is 11.9 Å². The van der Waals surface area contributed by atoms with Crippen molar-refractivity contribution in [3.8, 4) is 0 Å². The molecule has 0 aromatic rings. The smallest absolute Gasteiger partial charge is 0.243 e. The highest BCUT2D eigenvalue weighted by molar-refractivity contribution is 5.87. The Morgan fingerprint density at radius 2 is 1.89 bits per heavy atom. The fourth-order valence-electron chi connectivity index (χ4n) is 2.09. The van der Waals surface area contributed by atoms with E-state index < -0.39 is 0 Å². The van der Waals surface area contributed by atoms with Gasteiger partial charge in [-0.3, -0.25) is 9.69 Å². The van der Waals surface area contributed by atoms with Crippen molar-refractivity contribution in [1.29, 1.82) is 0 Å². The van der Waals surface area contributed by atoms with Gasteiger partial charge in [-0.2, -0.15) is 0 Å². The van der Waals surface area contributed by atoms with Gasteiger partial charge in [0.15, 0.2) is 0 Å². The predicted octanol–water partition coefficient (Wildman–Crippen LogP) is 2.05. The molecule has 98 valence electrons. The van der Waals surface area contributed by atoms with Crippen molar-refractivity contribution < 1.29 is 4.79 Å². The fraction of sp³-hybridized carbons (Fsp3) is 0.400. The maximum Gasteiger partial charge on any atom is 0.243 e. The lowest BCUT2D eigenvalue weighted by Gasteiger charge is -2.32. The van der Waals surface area contributed by atoms with Gasteiger partial charge in [-0.15, -0.1) is 0 Å². The number of carbonyl (C=O) groups excluding carboxylic acids is 1. The molecule has 0 aliphatic carbocycles. The third-order valence-electron chi connectivity index (χ3n) is 3.12. The third kappa shape index (κ3) is 4.72. The molecule has 0 atom stereocenters. The van der Waals surface area contributed by atoms with E-state index in [9.17, 15) is 4.79 Å². The number of piperidine rings is 1. The Morgan fingerprint density at radius 3 is 2.39 bits per heavy atom. The maximum absolute atomic E-state index is 11.2. The first-order chi connectivity index (χ1) is 8.69. The number of allylic oxidation sites excluding steroid dienone is 2. The Balaban J connectivity index is 2.37. The third-order valence-corrected chi connectivity index (χ3v) is 3.12.